The van der Waals surface area contributed by atoms with E-state index in [1.54, 1.807) is 78.7 Å². The molecule has 6 heteroatoms. The number of amides is 1. The van der Waals surface area contributed by atoms with Gasteiger partial charge in [-0.2, -0.15) is 0 Å². The lowest BCUT2D eigenvalue weighted by Crippen LogP contribution is -2.29. The van der Waals surface area contributed by atoms with Crippen molar-refractivity contribution in [2.45, 2.75) is 6.04 Å². The molecule has 3 aromatic carbocycles. The van der Waals surface area contributed by atoms with E-state index in [1.165, 1.54) is 0 Å². The third-order valence-electron chi connectivity index (χ3n) is 5.27. The molecule has 1 atom stereocenters. The van der Waals surface area contributed by atoms with Crippen molar-refractivity contribution in [3.8, 4) is 5.75 Å². The Labute approximate surface area is 177 Å². The first-order chi connectivity index (χ1) is 14.6. The van der Waals surface area contributed by atoms with Crippen molar-refractivity contribution >= 4 is 34.2 Å². The Hall–Kier alpha value is -3.57. The number of ether oxygens (including phenoxy) is 1. The molecule has 0 aliphatic carbocycles. The van der Waals surface area contributed by atoms with Gasteiger partial charge in [0, 0.05) is 16.8 Å². The smallest absolute Gasteiger partial charge is 0.295 e. The monoisotopic (exact) mass is 417 g/mol. The van der Waals surface area contributed by atoms with Gasteiger partial charge in [-0.3, -0.25) is 14.5 Å². The molecule has 2 heterocycles. The van der Waals surface area contributed by atoms with Crippen LogP contribution in [0.25, 0.3) is 11.0 Å². The van der Waals surface area contributed by atoms with Crippen molar-refractivity contribution < 1.29 is 13.9 Å². The first-order valence-corrected chi connectivity index (χ1v) is 9.75. The summed E-state index contributed by atoms with van der Waals surface area (Å²) in [7, 11) is 1.56. The van der Waals surface area contributed by atoms with Crippen LogP contribution >= 0.6 is 11.6 Å². The maximum absolute atomic E-state index is 13.5. The summed E-state index contributed by atoms with van der Waals surface area (Å²) >= 11 is 6.24. The zero-order valence-corrected chi connectivity index (χ0v) is 16.7. The summed E-state index contributed by atoms with van der Waals surface area (Å²) in [5.74, 6) is 0.267. The third kappa shape index (κ3) is 2.78. The first-order valence-electron chi connectivity index (χ1n) is 9.37. The second-order valence-electron chi connectivity index (χ2n) is 7.00. The molecule has 0 saturated carbocycles. The zero-order chi connectivity index (χ0) is 20.8. The number of carbonyl (C=O) groups excluding carboxylic acids is 1. The standard InChI is InChI=1S/C24H16ClNO4/c1-29-17-9-5-8-16(13-17)26-21(14-6-4-7-15(25)12-14)20-22(27)18-10-2-3-11-19(18)30-23(20)24(26)28/h2-13,21H,1H3. The molecular weight excluding hydrogens is 402 g/mol. The lowest BCUT2D eigenvalue weighted by atomic mass is 9.98. The minimum absolute atomic E-state index is 0.0477. The van der Waals surface area contributed by atoms with Crippen molar-refractivity contribution in [3.63, 3.8) is 0 Å². The first kappa shape index (κ1) is 18.5. The number of methoxy groups -OCH3 is 1. The summed E-state index contributed by atoms with van der Waals surface area (Å²) in [5.41, 5.74) is 1.78. The number of hydrogen-bond donors (Lipinski definition) is 0. The molecule has 5 rings (SSSR count). The van der Waals surface area contributed by atoms with E-state index in [9.17, 15) is 9.59 Å². The van der Waals surface area contributed by atoms with Gasteiger partial charge in [-0.25, -0.2) is 0 Å². The van der Waals surface area contributed by atoms with Crippen molar-refractivity contribution in [1.29, 1.82) is 0 Å². The number of halogens is 1. The summed E-state index contributed by atoms with van der Waals surface area (Å²) in [6.07, 6.45) is 0. The van der Waals surface area contributed by atoms with E-state index < -0.39 is 6.04 Å². The van der Waals surface area contributed by atoms with Crippen molar-refractivity contribution in [2.24, 2.45) is 0 Å². The van der Waals surface area contributed by atoms with E-state index in [2.05, 4.69) is 0 Å². The SMILES string of the molecule is COc1cccc(N2C(=O)c3oc4ccccc4c(=O)c3C2c2cccc(Cl)c2)c1. The number of rotatable bonds is 3. The van der Waals surface area contributed by atoms with E-state index in [-0.39, 0.29) is 17.1 Å². The quantitative estimate of drug-likeness (QED) is 0.459. The highest BCUT2D eigenvalue weighted by molar-refractivity contribution is 6.30. The van der Waals surface area contributed by atoms with Crippen molar-refractivity contribution in [3.05, 3.63) is 105 Å². The van der Waals surface area contributed by atoms with Crippen LogP contribution in [-0.2, 0) is 0 Å². The van der Waals surface area contributed by atoms with E-state index in [0.29, 0.717) is 33.0 Å². The van der Waals surface area contributed by atoms with Crippen LogP contribution in [0.15, 0.2) is 82.0 Å². The van der Waals surface area contributed by atoms with Gasteiger partial charge in [0.1, 0.15) is 11.3 Å². The Bertz CT molecular complexity index is 1360. The van der Waals surface area contributed by atoms with Gasteiger partial charge in [-0.1, -0.05) is 41.9 Å². The molecule has 148 valence electrons. The van der Waals surface area contributed by atoms with Crippen LogP contribution in [0.1, 0.15) is 27.7 Å². The molecule has 5 nitrogen and oxygen atoms in total. The van der Waals surface area contributed by atoms with Crippen LogP contribution in [-0.4, -0.2) is 13.0 Å². The fourth-order valence-corrected chi connectivity index (χ4v) is 4.14. The van der Waals surface area contributed by atoms with E-state index in [4.69, 9.17) is 20.8 Å². The highest BCUT2D eigenvalue weighted by atomic mass is 35.5. The predicted molar refractivity (Wildman–Crippen MR) is 116 cm³/mol. The second-order valence-corrected chi connectivity index (χ2v) is 7.44. The molecule has 0 saturated heterocycles. The third-order valence-corrected chi connectivity index (χ3v) is 5.51. The Morgan fingerprint density at radius 2 is 1.77 bits per heavy atom. The van der Waals surface area contributed by atoms with Gasteiger partial charge in [0.2, 0.25) is 5.76 Å². The molecule has 1 amide bonds. The van der Waals surface area contributed by atoms with E-state index in [0.717, 1.165) is 5.56 Å². The average Bonchev–Trinajstić information content (AvgIpc) is 3.07. The normalized spacial score (nSPS) is 15.5. The summed E-state index contributed by atoms with van der Waals surface area (Å²) in [4.78, 5) is 28.5. The number of hydrogen-bond acceptors (Lipinski definition) is 4. The number of carbonyl (C=O) groups is 1. The largest absolute Gasteiger partial charge is 0.497 e. The van der Waals surface area contributed by atoms with Crippen LogP contribution < -0.4 is 15.1 Å². The van der Waals surface area contributed by atoms with E-state index in [1.807, 2.05) is 6.07 Å². The number of para-hydroxylation sites is 1. The Morgan fingerprint density at radius 3 is 2.57 bits per heavy atom. The van der Waals surface area contributed by atoms with Gasteiger partial charge in [-0.15, -0.1) is 0 Å². The van der Waals surface area contributed by atoms with Gasteiger partial charge >= 0.3 is 0 Å². The molecule has 0 fully saturated rings. The van der Waals surface area contributed by atoms with Gasteiger partial charge in [0.15, 0.2) is 5.43 Å². The van der Waals surface area contributed by atoms with Crippen LogP contribution in [0.5, 0.6) is 5.75 Å². The fourth-order valence-electron chi connectivity index (χ4n) is 3.94. The summed E-state index contributed by atoms with van der Waals surface area (Å²) < 4.78 is 11.3. The summed E-state index contributed by atoms with van der Waals surface area (Å²) in [5, 5.41) is 0.952. The maximum Gasteiger partial charge on any atom is 0.295 e. The van der Waals surface area contributed by atoms with Crippen LogP contribution in [0.4, 0.5) is 5.69 Å². The number of anilines is 1. The van der Waals surface area contributed by atoms with Gasteiger partial charge in [0.05, 0.1) is 24.1 Å². The van der Waals surface area contributed by atoms with E-state index >= 15 is 0 Å². The van der Waals surface area contributed by atoms with Crippen LogP contribution in [0.3, 0.4) is 0 Å². The molecular formula is C24H16ClNO4. The van der Waals surface area contributed by atoms with Gasteiger partial charge in [0.25, 0.3) is 5.91 Å². The molecule has 4 aromatic rings. The lowest BCUT2D eigenvalue weighted by molar-refractivity contribution is 0.0971. The average molecular weight is 418 g/mol. The molecule has 1 aliphatic heterocycles. The fraction of sp³-hybridized carbons (Fsp3) is 0.0833. The van der Waals surface area contributed by atoms with Crippen LogP contribution in [0.2, 0.25) is 5.02 Å². The van der Waals surface area contributed by atoms with Crippen molar-refractivity contribution in [2.75, 3.05) is 12.0 Å². The maximum atomic E-state index is 13.5. The minimum atomic E-state index is -0.667. The highest BCUT2D eigenvalue weighted by Gasteiger charge is 2.43. The number of benzene rings is 3. The number of nitrogens with zero attached hydrogens (tertiary/aromatic N) is 1. The van der Waals surface area contributed by atoms with Crippen molar-refractivity contribution in [1.82, 2.24) is 0 Å². The summed E-state index contributed by atoms with van der Waals surface area (Å²) in [6.45, 7) is 0. The molecule has 0 bridgehead atoms. The zero-order valence-electron chi connectivity index (χ0n) is 16.0. The summed E-state index contributed by atoms with van der Waals surface area (Å²) in [6, 6.07) is 20.6. The van der Waals surface area contributed by atoms with Gasteiger partial charge < -0.3 is 9.15 Å². The molecule has 1 aromatic heterocycles. The van der Waals surface area contributed by atoms with Gasteiger partial charge in [-0.05, 0) is 42.0 Å². The second kappa shape index (κ2) is 7.04. The molecule has 0 spiro atoms. The Balaban J connectivity index is 1.82. The van der Waals surface area contributed by atoms with Crippen LogP contribution in [0, 0.1) is 0 Å². The predicted octanol–water partition coefficient (Wildman–Crippen LogP) is 5.20. The highest BCUT2D eigenvalue weighted by Crippen LogP contribution is 2.42. The Morgan fingerprint density at radius 1 is 0.967 bits per heavy atom. The minimum Gasteiger partial charge on any atom is -0.497 e. The Kier molecular flexibility index (Phi) is 4.33. The molecule has 1 unspecified atom stereocenters. The molecule has 30 heavy (non-hydrogen) atoms. The molecule has 0 radical (unpaired) electrons. The molecule has 1 aliphatic rings. The lowest BCUT2D eigenvalue weighted by Gasteiger charge is -2.25. The molecule has 0 N–H and O–H groups in total. The number of fused-ring (bicyclic) bond motifs is 2. The topological polar surface area (TPSA) is 59.8 Å².